The molecule has 2 heterocycles. The predicted molar refractivity (Wildman–Crippen MR) is 75.2 cm³/mol. The molecular formula is C14H18ClN3. The van der Waals surface area contributed by atoms with Crippen molar-refractivity contribution >= 4 is 22.6 Å². The number of aromatic amines is 1. The number of benzene rings is 1. The van der Waals surface area contributed by atoms with Crippen LogP contribution in [0.25, 0.3) is 11.0 Å². The molecule has 0 bridgehead atoms. The Kier molecular flexibility index (Phi) is 3.04. The van der Waals surface area contributed by atoms with Gasteiger partial charge in [-0.3, -0.25) is 0 Å². The van der Waals surface area contributed by atoms with E-state index in [-0.39, 0.29) is 5.41 Å². The second-order valence-corrected chi connectivity index (χ2v) is 5.57. The first-order valence-electron chi connectivity index (χ1n) is 6.60. The van der Waals surface area contributed by atoms with Crippen molar-refractivity contribution in [1.82, 2.24) is 15.3 Å². The Labute approximate surface area is 112 Å². The third-order valence-corrected chi connectivity index (χ3v) is 4.42. The van der Waals surface area contributed by atoms with Gasteiger partial charge in [-0.2, -0.15) is 0 Å². The van der Waals surface area contributed by atoms with E-state index in [0.29, 0.717) is 0 Å². The van der Waals surface area contributed by atoms with Crippen molar-refractivity contribution in [2.45, 2.75) is 31.6 Å². The molecule has 1 aliphatic heterocycles. The number of nitrogens with one attached hydrogen (secondary N) is 2. The average Bonchev–Trinajstić information content (AvgIpc) is 2.83. The Morgan fingerprint density at radius 3 is 2.83 bits per heavy atom. The normalized spacial score (nSPS) is 19.2. The van der Waals surface area contributed by atoms with Crippen molar-refractivity contribution in [3.8, 4) is 0 Å². The Morgan fingerprint density at radius 2 is 2.11 bits per heavy atom. The van der Waals surface area contributed by atoms with Crippen LogP contribution < -0.4 is 5.32 Å². The highest BCUT2D eigenvalue weighted by molar-refractivity contribution is 6.31. The first-order chi connectivity index (χ1) is 8.73. The van der Waals surface area contributed by atoms with Gasteiger partial charge >= 0.3 is 0 Å². The Hall–Kier alpha value is -1.06. The number of hydrogen-bond acceptors (Lipinski definition) is 2. The van der Waals surface area contributed by atoms with Crippen LogP contribution in [-0.2, 0) is 5.41 Å². The standard InChI is InChI=1S/C14H18ClN3/c1-2-14(5-7-16-8-6-14)13-17-11-4-3-10(15)9-12(11)18-13/h3-4,9,16H,2,5-8H2,1H3,(H,17,18). The minimum Gasteiger partial charge on any atom is -0.341 e. The summed E-state index contributed by atoms with van der Waals surface area (Å²) in [5.41, 5.74) is 2.26. The topological polar surface area (TPSA) is 40.7 Å². The monoisotopic (exact) mass is 263 g/mol. The highest BCUT2D eigenvalue weighted by atomic mass is 35.5. The van der Waals surface area contributed by atoms with E-state index < -0.39 is 0 Å². The molecule has 1 aromatic heterocycles. The second-order valence-electron chi connectivity index (χ2n) is 5.13. The van der Waals surface area contributed by atoms with E-state index in [1.807, 2.05) is 18.2 Å². The van der Waals surface area contributed by atoms with Gasteiger partial charge in [-0.05, 0) is 50.6 Å². The molecule has 3 rings (SSSR count). The summed E-state index contributed by atoms with van der Waals surface area (Å²) in [5, 5.41) is 4.18. The van der Waals surface area contributed by atoms with E-state index in [1.54, 1.807) is 0 Å². The molecule has 2 N–H and O–H groups in total. The van der Waals surface area contributed by atoms with Gasteiger partial charge in [0.25, 0.3) is 0 Å². The van der Waals surface area contributed by atoms with Gasteiger partial charge in [0, 0.05) is 10.4 Å². The van der Waals surface area contributed by atoms with E-state index in [1.165, 1.54) is 0 Å². The third kappa shape index (κ3) is 1.91. The number of rotatable bonds is 2. The van der Waals surface area contributed by atoms with Crippen molar-refractivity contribution in [2.75, 3.05) is 13.1 Å². The molecule has 1 fully saturated rings. The predicted octanol–water partition coefficient (Wildman–Crippen LogP) is 3.25. The zero-order valence-electron chi connectivity index (χ0n) is 10.6. The summed E-state index contributed by atoms with van der Waals surface area (Å²) >= 11 is 6.02. The fourth-order valence-corrected chi connectivity index (χ4v) is 3.07. The lowest BCUT2D eigenvalue weighted by Crippen LogP contribution is -2.40. The highest BCUT2D eigenvalue weighted by Crippen LogP contribution is 2.36. The maximum absolute atomic E-state index is 6.02. The number of halogens is 1. The summed E-state index contributed by atoms with van der Waals surface area (Å²) in [6, 6.07) is 5.84. The van der Waals surface area contributed by atoms with Gasteiger partial charge in [0.1, 0.15) is 5.82 Å². The molecule has 0 spiro atoms. The molecule has 1 aromatic carbocycles. The molecule has 0 aliphatic carbocycles. The second kappa shape index (κ2) is 4.56. The highest BCUT2D eigenvalue weighted by Gasteiger charge is 2.34. The van der Waals surface area contributed by atoms with E-state index in [2.05, 4.69) is 17.2 Å². The summed E-state index contributed by atoms with van der Waals surface area (Å²) in [6.45, 7) is 4.41. The first kappa shape index (κ1) is 12.0. The number of fused-ring (bicyclic) bond motifs is 1. The number of H-pyrrole nitrogens is 1. The molecule has 0 radical (unpaired) electrons. The van der Waals surface area contributed by atoms with Gasteiger partial charge in [-0.25, -0.2) is 4.98 Å². The average molecular weight is 264 g/mol. The molecule has 4 heteroatoms. The van der Waals surface area contributed by atoms with E-state index in [4.69, 9.17) is 16.6 Å². The molecule has 3 nitrogen and oxygen atoms in total. The molecule has 0 saturated carbocycles. The minimum atomic E-state index is 0.205. The summed E-state index contributed by atoms with van der Waals surface area (Å²) in [4.78, 5) is 8.25. The van der Waals surface area contributed by atoms with Gasteiger partial charge in [0.15, 0.2) is 0 Å². The van der Waals surface area contributed by atoms with Gasteiger partial charge in [0.2, 0.25) is 0 Å². The molecular weight excluding hydrogens is 246 g/mol. The smallest absolute Gasteiger partial charge is 0.113 e. The lowest BCUT2D eigenvalue weighted by atomic mass is 9.76. The molecule has 0 atom stereocenters. The van der Waals surface area contributed by atoms with Crippen LogP contribution in [0.4, 0.5) is 0 Å². The first-order valence-corrected chi connectivity index (χ1v) is 6.98. The minimum absolute atomic E-state index is 0.205. The van der Waals surface area contributed by atoms with Gasteiger partial charge in [-0.15, -0.1) is 0 Å². The van der Waals surface area contributed by atoms with Crippen molar-refractivity contribution in [1.29, 1.82) is 0 Å². The van der Waals surface area contributed by atoms with Crippen LogP contribution in [-0.4, -0.2) is 23.1 Å². The van der Waals surface area contributed by atoms with Crippen molar-refractivity contribution < 1.29 is 0 Å². The van der Waals surface area contributed by atoms with E-state index >= 15 is 0 Å². The molecule has 1 aliphatic rings. The molecule has 0 amide bonds. The number of aromatic nitrogens is 2. The maximum atomic E-state index is 6.02. The van der Waals surface area contributed by atoms with Crippen LogP contribution in [0, 0.1) is 0 Å². The van der Waals surface area contributed by atoms with Crippen molar-refractivity contribution in [3.05, 3.63) is 29.0 Å². The van der Waals surface area contributed by atoms with Crippen molar-refractivity contribution in [3.63, 3.8) is 0 Å². The Morgan fingerprint density at radius 1 is 1.33 bits per heavy atom. The molecule has 96 valence electrons. The summed E-state index contributed by atoms with van der Waals surface area (Å²) in [7, 11) is 0. The van der Waals surface area contributed by atoms with Crippen LogP contribution in [0.2, 0.25) is 5.02 Å². The van der Waals surface area contributed by atoms with E-state index in [9.17, 15) is 0 Å². The molecule has 0 unspecified atom stereocenters. The van der Waals surface area contributed by atoms with Crippen LogP contribution in [0.15, 0.2) is 18.2 Å². The van der Waals surface area contributed by atoms with Crippen LogP contribution in [0.5, 0.6) is 0 Å². The number of imidazole rings is 1. The fraction of sp³-hybridized carbons (Fsp3) is 0.500. The van der Waals surface area contributed by atoms with Crippen LogP contribution >= 0.6 is 11.6 Å². The summed E-state index contributed by atoms with van der Waals surface area (Å²) in [6.07, 6.45) is 3.43. The Balaban J connectivity index is 2.06. The Bertz CT molecular complexity index is 555. The van der Waals surface area contributed by atoms with Crippen LogP contribution in [0.3, 0.4) is 0 Å². The molecule has 1 saturated heterocycles. The van der Waals surface area contributed by atoms with Gasteiger partial charge in [0.05, 0.1) is 11.0 Å². The van der Waals surface area contributed by atoms with Crippen molar-refractivity contribution in [2.24, 2.45) is 0 Å². The third-order valence-electron chi connectivity index (χ3n) is 4.18. The van der Waals surface area contributed by atoms with E-state index in [0.717, 1.165) is 54.2 Å². The largest absolute Gasteiger partial charge is 0.341 e. The fourth-order valence-electron chi connectivity index (χ4n) is 2.90. The summed E-state index contributed by atoms with van der Waals surface area (Å²) in [5.74, 6) is 1.13. The zero-order chi connectivity index (χ0) is 12.6. The molecule has 2 aromatic rings. The lowest BCUT2D eigenvalue weighted by Gasteiger charge is -2.35. The maximum Gasteiger partial charge on any atom is 0.113 e. The van der Waals surface area contributed by atoms with Crippen LogP contribution in [0.1, 0.15) is 32.0 Å². The quantitative estimate of drug-likeness (QED) is 0.873. The number of hydrogen-bond donors (Lipinski definition) is 2. The lowest BCUT2D eigenvalue weighted by molar-refractivity contribution is 0.285. The zero-order valence-corrected chi connectivity index (χ0v) is 11.3. The number of nitrogens with zero attached hydrogens (tertiary/aromatic N) is 1. The summed E-state index contributed by atoms with van der Waals surface area (Å²) < 4.78 is 0. The SMILES string of the molecule is CCC1(c2nc3ccc(Cl)cc3[nH]2)CCNCC1. The number of piperidine rings is 1. The van der Waals surface area contributed by atoms with Gasteiger partial charge in [-0.1, -0.05) is 18.5 Å². The van der Waals surface area contributed by atoms with Gasteiger partial charge < -0.3 is 10.3 Å². The molecule has 18 heavy (non-hydrogen) atoms.